The van der Waals surface area contributed by atoms with Crippen LogP contribution in [0.25, 0.3) is 11.0 Å². The summed E-state index contributed by atoms with van der Waals surface area (Å²) >= 11 is 0. The number of nitrogens with zero attached hydrogens (tertiary/aromatic N) is 3. The lowest BCUT2D eigenvalue weighted by molar-refractivity contribution is 0.0697. The van der Waals surface area contributed by atoms with Crippen LogP contribution in [0.4, 0.5) is 0 Å². The molecule has 0 radical (unpaired) electrons. The van der Waals surface area contributed by atoms with Crippen LogP contribution in [0.2, 0.25) is 0 Å². The summed E-state index contributed by atoms with van der Waals surface area (Å²) < 4.78 is 13.8. The smallest absolute Gasteiger partial charge is 0.335 e. The first kappa shape index (κ1) is 23.6. The molecule has 0 spiro atoms. The second-order valence-electron chi connectivity index (χ2n) is 9.20. The summed E-state index contributed by atoms with van der Waals surface area (Å²) in [5.74, 6) is 0.614. The standard InChI is InChI=1S/C25H33N3O4/c1-5-8-20-22(14-13-21-23(20)26-27-28(21)17-25(2,3)4)32-16-7-6-15-31-19-11-9-18(10-12-19)24(29)30/h9-14H,5-8,15-17H2,1-4H3,(H,29,30). The van der Waals surface area contributed by atoms with Crippen LogP contribution in [-0.4, -0.2) is 39.3 Å². The molecule has 0 aliphatic heterocycles. The summed E-state index contributed by atoms with van der Waals surface area (Å²) in [4.78, 5) is 10.9. The quantitative estimate of drug-likeness (QED) is 0.404. The monoisotopic (exact) mass is 439 g/mol. The normalized spacial score (nSPS) is 11.6. The van der Waals surface area contributed by atoms with Crippen LogP contribution in [0.1, 0.15) is 62.9 Å². The van der Waals surface area contributed by atoms with E-state index in [0.717, 1.165) is 54.6 Å². The highest BCUT2D eigenvalue weighted by Gasteiger charge is 2.18. The predicted octanol–water partition coefficient (Wildman–Crippen LogP) is 5.37. The molecule has 32 heavy (non-hydrogen) atoms. The zero-order chi connectivity index (χ0) is 23.1. The van der Waals surface area contributed by atoms with Crippen molar-refractivity contribution in [2.24, 2.45) is 5.41 Å². The molecule has 1 aromatic heterocycles. The molecule has 0 aliphatic rings. The van der Waals surface area contributed by atoms with E-state index in [9.17, 15) is 4.79 Å². The Morgan fingerprint density at radius 3 is 2.34 bits per heavy atom. The Morgan fingerprint density at radius 2 is 1.72 bits per heavy atom. The van der Waals surface area contributed by atoms with Crippen LogP contribution in [0, 0.1) is 5.41 Å². The van der Waals surface area contributed by atoms with Crippen molar-refractivity contribution < 1.29 is 19.4 Å². The molecule has 172 valence electrons. The fourth-order valence-electron chi connectivity index (χ4n) is 3.54. The molecule has 3 aromatic rings. The van der Waals surface area contributed by atoms with E-state index in [0.29, 0.717) is 19.0 Å². The number of carbonyl (C=O) groups is 1. The van der Waals surface area contributed by atoms with E-state index in [1.807, 2.05) is 10.7 Å². The van der Waals surface area contributed by atoms with E-state index < -0.39 is 5.97 Å². The number of carboxylic acid groups (broad SMARTS) is 1. The second kappa shape index (κ2) is 10.5. The van der Waals surface area contributed by atoms with Gasteiger partial charge in [-0.1, -0.05) is 39.3 Å². The fourth-order valence-corrected chi connectivity index (χ4v) is 3.54. The lowest BCUT2D eigenvalue weighted by Crippen LogP contribution is -2.16. The molecule has 1 heterocycles. The van der Waals surface area contributed by atoms with Crippen LogP contribution in [0.5, 0.6) is 11.5 Å². The number of carboxylic acids is 1. The number of ether oxygens (including phenoxy) is 2. The van der Waals surface area contributed by atoms with Gasteiger partial charge in [0.25, 0.3) is 0 Å². The van der Waals surface area contributed by atoms with Crippen molar-refractivity contribution in [3.63, 3.8) is 0 Å². The first-order valence-corrected chi connectivity index (χ1v) is 11.2. The van der Waals surface area contributed by atoms with Crippen LogP contribution in [-0.2, 0) is 13.0 Å². The van der Waals surface area contributed by atoms with Gasteiger partial charge < -0.3 is 14.6 Å². The van der Waals surface area contributed by atoms with Gasteiger partial charge in [0.05, 0.1) is 24.3 Å². The maximum absolute atomic E-state index is 10.9. The van der Waals surface area contributed by atoms with Crippen LogP contribution >= 0.6 is 0 Å². The molecule has 1 N–H and O–H groups in total. The van der Waals surface area contributed by atoms with Gasteiger partial charge in [0.1, 0.15) is 17.0 Å². The summed E-state index contributed by atoms with van der Waals surface area (Å²) in [7, 11) is 0. The molecule has 2 aromatic carbocycles. The summed E-state index contributed by atoms with van der Waals surface area (Å²) in [6.07, 6.45) is 3.60. The van der Waals surface area contributed by atoms with E-state index in [4.69, 9.17) is 14.6 Å². The number of hydrogen-bond acceptors (Lipinski definition) is 5. The Hall–Kier alpha value is -3.09. The zero-order valence-corrected chi connectivity index (χ0v) is 19.4. The van der Waals surface area contributed by atoms with Gasteiger partial charge in [-0.25, -0.2) is 9.48 Å². The molecular weight excluding hydrogens is 406 g/mol. The van der Waals surface area contributed by atoms with E-state index in [2.05, 4.69) is 44.1 Å². The Kier molecular flexibility index (Phi) is 7.72. The SMILES string of the molecule is CCCc1c(OCCCCOc2ccc(C(=O)O)cc2)ccc2c1nnn2CC(C)(C)C. The Labute approximate surface area is 189 Å². The second-order valence-corrected chi connectivity index (χ2v) is 9.20. The van der Waals surface area contributed by atoms with Crippen LogP contribution in [0.3, 0.4) is 0 Å². The number of hydrogen-bond donors (Lipinski definition) is 1. The molecular formula is C25H33N3O4. The van der Waals surface area contributed by atoms with Gasteiger partial charge in [-0.2, -0.15) is 0 Å². The number of unbranched alkanes of at least 4 members (excludes halogenated alkanes) is 1. The maximum Gasteiger partial charge on any atom is 0.335 e. The number of aromatic nitrogens is 3. The molecule has 0 saturated carbocycles. The highest BCUT2D eigenvalue weighted by atomic mass is 16.5. The van der Waals surface area contributed by atoms with Crippen LogP contribution in [0.15, 0.2) is 36.4 Å². The maximum atomic E-state index is 10.9. The van der Waals surface area contributed by atoms with Crippen molar-refractivity contribution >= 4 is 17.0 Å². The fraction of sp³-hybridized carbons (Fsp3) is 0.480. The molecule has 0 unspecified atom stereocenters. The molecule has 0 fully saturated rings. The summed E-state index contributed by atoms with van der Waals surface area (Å²) in [6, 6.07) is 10.5. The number of aryl methyl sites for hydroxylation is 1. The number of fused-ring (bicyclic) bond motifs is 1. The van der Waals surface area contributed by atoms with E-state index in [-0.39, 0.29) is 11.0 Å². The van der Waals surface area contributed by atoms with Crippen molar-refractivity contribution in [3.8, 4) is 11.5 Å². The summed E-state index contributed by atoms with van der Waals surface area (Å²) in [6.45, 7) is 10.7. The number of benzene rings is 2. The minimum Gasteiger partial charge on any atom is -0.494 e. The first-order valence-electron chi connectivity index (χ1n) is 11.2. The number of aromatic carboxylic acids is 1. The molecule has 3 rings (SSSR count). The topological polar surface area (TPSA) is 86.5 Å². The van der Waals surface area contributed by atoms with E-state index in [1.54, 1.807) is 24.3 Å². The van der Waals surface area contributed by atoms with E-state index >= 15 is 0 Å². The molecule has 7 heteroatoms. The third-order valence-electron chi connectivity index (χ3n) is 5.04. The third kappa shape index (κ3) is 6.22. The van der Waals surface area contributed by atoms with Gasteiger partial charge in [0.2, 0.25) is 0 Å². The van der Waals surface area contributed by atoms with Gasteiger partial charge in [0, 0.05) is 12.1 Å². The van der Waals surface area contributed by atoms with Gasteiger partial charge in [-0.3, -0.25) is 0 Å². The summed E-state index contributed by atoms with van der Waals surface area (Å²) in [5.41, 5.74) is 3.49. The number of rotatable bonds is 11. The minimum atomic E-state index is -0.939. The summed E-state index contributed by atoms with van der Waals surface area (Å²) in [5, 5.41) is 17.8. The minimum absolute atomic E-state index is 0.126. The molecule has 0 amide bonds. The predicted molar refractivity (Wildman–Crippen MR) is 125 cm³/mol. The van der Waals surface area contributed by atoms with E-state index in [1.165, 1.54) is 0 Å². The third-order valence-corrected chi connectivity index (χ3v) is 5.04. The highest BCUT2D eigenvalue weighted by Crippen LogP contribution is 2.29. The average molecular weight is 440 g/mol. The Morgan fingerprint density at radius 1 is 1.03 bits per heavy atom. The molecule has 0 atom stereocenters. The lowest BCUT2D eigenvalue weighted by Gasteiger charge is -2.18. The largest absolute Gasteiger partial charge is 0.494 e. The van der Waals surface area contributed by atoms with Crippen molar-refractivity contribution in [1.82, 2.24) is 15.0 Å². The van der Waals surface area contributed by atoms with Gasteiger partial charge in [0.15, 0.2) is 0 Å². The molecule has 7 nitrogen and oxygen atoms in total. The lowest BCUT2D eigenvalue weighted by atomic mass is 9.97. The van der Waals surface area contributed by atoms with Crippen molar-refractivity contribution in [2.75, 3.05) is 13.2 Å². The van der Waals surface area contributed by atoms with Gasteiger partial charge in [-0.05, 0) is 61.1 Å². The molecule has 0 bridgehead atoms. The van der Waals surface area contributed by atoms with Crippen molar-refractivity contribution in [2.45, 2.75) is 59.9 Å². The van der Waals surface area contributed by atoms with Gasteiger partial charge in [-0.15, -0.1) is 5.10 Å². The first-order chi connectivity index (χ1) is 15.3. The van der Waals surface area contributed by atoms with Crippen molar-refractivity contribution in [1.29, 1.82) is 0 Å². The molecule has 0 saturated heterocycles. The van der Waals surface area contributed by atoms with Crippen LogP contribution < -0.4 is 9.47 Å². The Bertz CT molecular complexity index is 1040. The van der Waals surface area contributed by atoms with Gasteiger partial charge >= 0.3 is 5.97 Å². The Balaban J connectivity index is 1.54. The van der Waals surface area contributed by atoms with Crippen molar-refractivity contribution in [3.05, 3.63) is 47.5 Å². The highest BCUT2D eigenvalue weighted by molar-refractivity contribution is 5.87. The zero-order valence-electron chi connectivity index (χ0n) is 19.4. The average Bonchev–Trinajstić information content (AvgIpc) is 3.13. The molecule has 0 aliphatic carbocycles.